The summed E-state index contributed by atoms with van der Waals surface area (Å²) in [7, 11) is 0. The normalized spacial score (nSPS) is 10.8. The number of Topliss-reactive ketones (excluding diaryl/α,β-unsaturated/α-hetero) is 1. The number of hydrogen-bond donors (Lipinski definition) is 0. The quantitative estimate of drug-likeness (QED) is 0.302. The predicted octanol–water partition coefficient (Wildman–Crippen LogP) is 4.94. The number of ketones is 1. The number of nitrogens with zero attached hydrogens (tertiary/aromatic N) is 2. The van der Waals surface area contributed by atoms with Crippen LogP contribution in [0.1, 0.15) is 54.4 Å². The SMILES string of the molecule is Cc1cc(CSc2ncccc2C(=O)OCC(=O)c2cc(C)c(C)c(C)c2C)no1. The molecule has 6 nitrogen and oxygen atoms in total. The molecule has 2 heterocycles. The van der Waals surface area contributed by atoms with Crippen LogP contribution in [-0.2, 0) is 10.5 Å². The van der Waals surface area contributed by atoms with Crippen LogP contribution in [0.25, 0.3) is 0 Å². The van der Waals surface area contributed by atoms with Crippen LogP contribution in [0, 0.1) is 34.6 Å². The molecular weight excluding hydrogens is 400 g/mol. The summed E-state index contributed by atoms with van der Waals surface area (Å²) in [4.78, 5) is 29.6. The first-order valence-electron chi connectivity index (χ1n) is 9.55. The molecule has 7 heteroatoms. The first-order chi connectivity index (χ1) is 14.3. The van der Waals surface area contributed by atoms with Crippen molar-refractivity contribution in [2.24, 2.45) is 0 Å². The molecule has 3 aromatic rings. The topological polar surface area (TPSA) is 82.3 Å². The largest absolute Gasteiger partial charge is 0.454 e. The zero-order chi connectivity index (χ0) is 21.8. The van der Waals surface area contributed by atoms with E-state index in [-0.39, 0.29) is 12.4 Å². The maximum atomic E-state index is 12.7. The van der Waals surface area contributed by atoms with Gasteiger partial charge in [0.2, 0.25) is 5.78 Å². The summed E-state index contributed by atoms with van der Waals surface area (Å²) < 4.78 is 10.4. The Bertz CT molecular complexity index is 1100. The van der Waals surface area contributed by atoms with Crippen molar-refractivity contribution < 1.29 is 18.8 Å². The van der Waals surface area contributed by atoms with Gasteiger partial charge in [-0.15, -0.1) is 0 Å². The number of carbonyl (C=O) groups excluding carboxylic acids is 2. The minimum atomic E-state index is -0.575. The summed E-state index contributed by atoms with van der Waals surface area (Å²) in [5, 5.41) is 4.46. The van der Waals surface area contributed by atoms with E-state index in [1.54, 1.807) is 18.3 Å². The number of aryl methyl sites for hydroxylation is 2. The highest BCUT2D eigenvalue weighted by Gasteiger charge is 2.19. The molecule has 0 N–H and O–H groups in total. The lowest BCUT2D eigenvalue weighted by Crippen LogP contribution is -2.17. The Hall–Kier alpha value is -2.93. The van der Waals surface area contributed by atoms with Gasteiger partial charge in [-0.2, -0.15) is 0 Å². The van der Waals surface area contributed by atoms with Crippen LogP contribution in [-0.4, -0.2) is 28.5 Å². The monoisotopic (exact) mass is 424 g/mol. The lowest BCUT2D eigenvalue weighted by molar-refractivity contribution is 0.0470. The molecule has 0 aliphatic heterocycles. The first kappa shape index (κ1) is 21.8. The fourth-order valence-corrected chi connectivity index (χ4v) is 3.94. The van der Waals surface area contributed by atoms with Gasteiger partial charge in [0, 0.05) is 23.6 Å². The van der Waals surface area contributed by atoms with Gasteiger partial charge in [0.15, 0.2) is 6.61 Å². The lowest BCUT2D eigenvalue weighted by atomic mass is 9.93. The van der Waals surface area contributed by atoms with E-state index in [1.165, 1.54) is 17.3 Å². The van der Waals surface area contributed by atoms with Gasteiger partial charge >= 0.3 is 5.97 Å². The highest BCUT2D eigenvalue weighted by Crippen LogP contribution is 2.25. The molecule has 1 aromatic carbocycles. The second-order valence-corrected chi connectivity index (χ2v) is 8.15. The van der Waals surface area contributed by atoms with Crippen molar-refractivity contribution in [3.8, 4) is 0 Å². The molecule has 156 valence electrons. The molecule has 2 aromatic heterocycles. The Balaban J connectivity index is 1.69. The molecule has 0 saturated heterocycles. The molecule has 0 spiro atoms. The highest BCUT2D eigenvalue weighted by molar-refractivity contribution is 7.98. The molecule has 0 radical (unpaired) electrons. The van der Waals surface area contributed by atoms with E-state index in [2.05, 4.69) is 10.1 Å². The molecule has 3 rings (SSSR count). The van der Waals surface area contributed by atoms with Gasteiger partial charge in [0.25, 0.3) is 0 Å². The van der Waals surface area contributed by atoms with E-state index >= 15 is 0 Å². The second-order valence-electron chi connectivity index (χ2n) is 7.19. The zero-order valence-electron chi connectivity index (χ0n) is 17.7. The maximum absolute atomic E-state index is 12.7. The van der Waals surface area contributed by atoms with Crippen molar-refractivity contribution in [1.29, 1.82) is 0 Å². The number of esters is 1. The molecule has 30 heavy (non-hydrogen) atoms. The van der Waals surface area contributed by atoms with Gasteiger partial charge in [-0.05, 0) is 75.1 Å². The fraction of sp³-hybridized carbons (Fsp3) is 0.304. The van der Waals surface area contributed by atoms with Crippen LogP contribution in [0.4, 0.5) is 0 Å². The van der Waals surface area contributed by atoms with Gasteiger partial charge in [-0.3, -0.25) is 4.79 Å². The summed E-state index contributed by atoms with van der Waals surface area (Å²) in [6.07, 6.45) is 1.61. The van der Waals surface area contributed by atoms with Crippen molar-refractivity contribution >= 4 is 23.5 Å². The molecule has 0 aliphatic rings. The average Bonchev–Trinajstić information content (AvgIpc) is 3.16. The van der Waals surface area contributed by atoms with E-state index in [0.717, 1.165) is 28.1 Å². The third kappa shape index (κ3) is 4.79. The lowest BCUT2D eigenvalue weighted by Gasteiger charge is -2.14. The van der Waals surface area contributed by atoms with Crippen LogP contribution in [0.3, 0.4) is 0 Å². The molecule has 0 unspecified atom stereocenters. The van der Waals surface area contributed by atoms with E-state index < -0.39 is 5.97 Å². The van der Waals surface area contributed by atoms with Crippen LogP contribution in [0.2, 0.25) is 0 Å². The van der Waals surface area contributed by atoms with E-state index in [0.29, 0.717) is 21.9 Å². The van der Waals surface area contributed by atoms with Crippen LogP contribution >= 0.6 is 11.8 Å². The Labute approximate surface area is 180 Å². The number of aromatic nitrogens is 2. The van der Waals surface area contributed by atoms with Crippen molar-refractivity contribution in [3.05, 3.63) is 75.3 Å². The van der Waals surface area contributed by atoms with Gasteiger partial charge in [0.1, 0.15) is 10.8 Å². The Kier molecular flexibility index (Phi) is 6.72. The van der Waals surface area contributed by atoms with Gasteiger partial charge in [0.05, 0.1) is 11.3 Å². The van der Waals surface area contributed by atoms with Crippen molar-refractivity contribution in [2.75, 3.05) is 6.61 Å². The van der Waals surface area contributed by atoms with Crippen molar-refractivity contribution in [3.63, 3.8) is 0 Å². The van der Waals surface area contributed by atoms with E-state index in [9.17, 15) is 9.59 Å². The fourth-order valence-electron chi connectivity index (χ4n) is 3.08. The van der Waals surface area contributed by atoms with Crippen LogP contribution < -0.4 is 0 Å². The summed E-state index contributed by atoms with van der Waals surface area (Å²) >= 11 is 1.36. The van der Waals surface area contributed by atoms with Gasteiger partial charge in [-0.25, -0.2) is 9.78 Å². The molecular formula is C23H24N2O4S. The predicted molar refractivity (Wildman–Crippen MR) is 115 cm³/mol. The Morgan fingerprint density at radius 3 is 2.50 bits per heavy atom. The minimum absolute atomic E-state index is 0.219. The van der Waals surface area contributed by atoms with E-state index in [4.69, 9.17) is 9.26 Å². The smallest absolute Gasteiger partial charge is 0.341 e. The summed E-state index contributed by atoms with van der Waals surface area (Å²) in [6, 6.07) is 7.00. The number of thioether (sulfide) groups is 1. The maximum Gasteiger partial charge on any atom is 0.341 e. The summed E-state index contributed by atoms with van der Waals surface area (Å²) in [5.41, 5.74) is 5.88. The Morgan fingerprint density at radius 2 is 1.80 bits per heavy atom. The third-order valence-corrected chi connectivity index (χ3v) is 6.18. The van der Waals surface area contributed by atoms with Gasteiger partial charge < -0.3 is 9.26 Å². The van der Waals surface area contributed by atoms with Crippen molar-refractivity contribution in [1.82, 2.24) is 10.1 Å². The minimum Gasteiger partial charge on any atom is -0.454 e. The molecule has 0 fully saturated rings. The zero-order valence-corrected chi connectivity index (χ0v) is 18.6. The third-order valence-electron chi connectivity index (χ3n) is 5.14. The van der Waals surface area contributed by atoms with Crippen LogP contribution in [0.5, 0.6) is 0 Å². The number of pyridine rings is 1. The second kappa shape index (κ2) is 9.26. The first-order valence-corrected chi connectivity index (χ1v) is 10.5. The summed E-state index contributed by atoms with van der Waals surface area (Å²) in [5.74, 6) is 0.438. The molecule has 0 bridgehead atoms. The molecule has 0 aliphatic carbocycles. The highest BCUT2D eigenvalue weighted by atomic mass is 32.2. The van der Waals surface area contributed by atoms with Crippen molar-refractivity contribution in [2.45, 2.75) is 45.4 Å². The van der Waals surface area contributed by atoms with Gasteiger partial charge in [-0.1, -0.05) is 16.9 Å². The number of benzene rings is 1. The number of carbonyl (C=O) groups is 2. The molecule has 0 atom stereocenters. The van der Waals surface area contributed by atoms with Crippen LogP contribution in [0.15, 0.2) is 40.0 Å². The van der Waals surface area contributed by atoms with E-state index in [1.807, 2.05) is 46.8 Å². The average molecular weight is 425 g/mol. The Morgan fingerprint density at radius 1 is 1.03 bits per heavy atom. The number of hydrogen-bond acceptors (Lipinski definition) is 7. The number of rotatable bonds is 7. The molecule has 0 amide bonds. The standard InChI is InChI=1S/C23H24N2O4S/c1-13-9-20(17(5)16(4)15(13)3)21(26)11-28-23(27)19-7-6-8-24-22(19)30-12-18-10-14(2)29-25-18/h6-10H,11-12H2,1-5H3. The number of ether oxygens (including phenoxy) is 1. The summed E-state index contributed by atoms with van der Waals surface area (Å²) in [6.45, 7) is 9.42. The molecule has 0 saturated carbocycles.